The summed E-state index contributed by atoms with van der Waals surface area (Å²) in [6.07, 6.45) is 1.23. The standard InChI is InChI=1S/C29H32N6O3/c1-29(2,3)38-28(36)35(16-18-9-11-21(37-5)12-10-18)27-24-25(34(4)17-31-24)22-14-23(32-26(22)33-27)20-8-6-7-19(13-20)15-30/h6-14,17H,15-16,30H2,1-5H3,(H,32,33). The van der Waals surface area contributed by atoms with E-state index < -0.39 is 11.7 Å². The lowest BCUT2D eigenvalue weighted by Crippen LogP contribution is -2.37. The van der Waals surface area contributed by atoms with E-state index in [0.29, 0.717) is 23.5 Å². The van der Waals surface area contributed by atoms with Gasteiger partial charge in [0, 0.05) is 24.7 Å². The topological polar surface area (TPSA) is 111 Å². The van der Waals surface area contributed by atoms with Gasteiger partial charge < -0.3 is 24.8 Å². The molecule has 196 valence electrons. The number of H-pyrrole nitrogens is 1. The van der Waals surface area contributed by atoms with Gasteiger partial charge >= 0.3 is 6.09 Å². The zero-order chi connectivity index (χ0) is 27.0. The van der Waals surface area contributed by atoms with Crippen molar-refractivity contribution >= 4 is 34.0 Å². The number of carbonyl (C=O) groups excluding carboxylic acids is 1. The largest absolute Gasteiger partial charge is 0.497 e. The molecule has 0 aliphatic heterocycles. The number of nitrogens with one attached hydrogen (secondary N) is 1. The molecule has 0 saturated carbocycles. The van der Waals surface area contributed by atoms with E-state index in [-0.39, 0.29) is 6.54 Å². The number of ether oxygens (including phenoxy) is 2. The van der Waals surface area contributed by atoms with Crippen LogP contribution in [0.2, 0.25) is 0 Å². The van der Waals surface area contributed by atoms with Crippen molar-refractivity contribution in [3.8, 4) is 17.0 Å². The summed E-state index contributed by atoms with van der Waals surface area (Å²) >= 11 is 0. The molecule has 0 spiro atoms. The molecule has 0 atom stereocenters. The average Bonchev–Trinajstić information content (AvgIpc) is 3.50. The van der Waals surface area contributed by atoms with E-state index in [1.807, 2.05) is 74.9 Å². The Morgan fingerprint density at radius 1 is 1.11 bits per heavy atom. The van der Waals surface area contributed by atoms with Gasteiger partial charge in [0.15, 0.2) is 5.82 Å². The molecule has 1 amide bonds. The third-order valence-electron chi connectivity index (χ3n) is 6.26. The smallest absolute Gasteiger partial charge is 0.416 e. The molecular formula is C29H32N6O3. The Morgan fingerprint density at radius 2 is 1.87 bits per heavy atom. The molecule has 0 unspecified atom stereocenters. The number of aromatic nitrogens is 4. The molecule has 3 heterocycles. The molecule has 2 aromatic carbocycles. The highest BCUT2D eigenvalue weighted by molar-refractivity contribution is 6.09. The summed E-state index contributed by atoms with van der Waals surface area (Å²) in [4.78, 5) is 28.1. The number of hydrogen-bond acceptors (Lipinski definition) is 6. The van der Waals surface area contributed by atoms with Crippen LogP contribution in [0.1, 0.15) is 31.9 Å². The number of fused-ring (bicyclic) bond motifs is 3. The number of imidazole rings is 1. The molecule has 3 N–H and O–H groups in total. The summed E-state index contributed by atoms with van der Waals surface area (Å²) in [5.41, 5.74) is 11.1. The third-order valence-corrected chi connectivity index (χ3v) is 6.26. The van der Waals surface area contributed by atoms with Crippen LogP contribution in [0.5, 0.6) is 5.75 Å². The van der Waals surface area contributed by atoms with Gasteiger partial charge in [-0.3, -0.25) is 4.90 Å². The van der Waals surface area contributed by atoms with Crippen molar-refractivity contribution in [2.24, 2.45) is 12.8 Å². The Hall–Kier alpha value is -4.37. The molecule has 0 aliphatic carbocycles. The lowest BCUT2D eigenvalue weighted by Gasteiger charge is -2.27. The van der Waals surface area contributed by atoms with Gasteiger partial charge in [0.1, 0.15) is 22.5 Å². The third kappa shape index (κ3) is 4.92. The molecule has 0 aliphatic rings. The first-order chi connectivity index (χ1) is 18.2. The number of rotatable bonds is 6. The van der Waals surface area contributed by atoms with Gasteiger partial charge in [-0.2, -0.15) is 0 Å². The van der Waals surface area contributed by atoms with Gasteiger partial charge in [-0.15, -0.1) is 0 Å². The van der Waals surface area contributed by atoms with Crippen LogP contribution in [0.3, 0.4) is 0 Å². The van der Waals surface area contributed by atoms with Crippen molar-refractivity contribution < 1.29 is 14.3 Å². The van der Waals surface area contributed by atoms with E-state index in [0.717, 1.165) is 39.0 Å². The van der Waals surface area contributed by atoms with Crippen molar-refractivity contribution in [1.82, 2.24) is 19.5 Å². The Balaban J connectivity index is 1.67. The number of benzene rings is 2. The summed E-state index contributed by atoms with van der Waals surface area (Å²) in [6, 6.07) is 17.7. The van der Waals surface area contributed by atoms with Crippen LogP contribution in [0, 0.1) is 0 Å². The maximum atomic E-state index is 13.6. The summed E-state index contributed by atoms with van der Waals surface area (Å²) in [5.74, 6) is 1.16. The van der Waals surface area contributed by atoms with Gasteiger partial charge in [0.25, 0.3) is 0 Å². The molecule has 5 rings (SSSR count). The SMILES string of the molecule is COc1ccc(CN(C(=O)OC(C)(C)C)c2nc3[nH]c(-c4cccc(CN)c4)cc3c3c2ncn3C)cc1. The Kier molecular flexibility index (Phi) is 6.54. The number of carbonyl (C=O) groups is 1. The number of hydrogen-bond donors (Lipinski definition) is 2. The molecule has 38 heavy (non-hydrogen) atoms. The fourth-order valence-electron chi connectivity index (χ4n) is 4.45. The molecule has 9 nitrogen and oxygen atoms in total. The fourth-order valence-corrected chi connectivity index (χ4v) is 4.45. The predicted molar refractivity (Wildman–Crippen MR) is 149 cm³/mol. The number of nitrogens with zero attached hydrogens (tertiary/aromatic N) is 4. The normalized spacial score (nSPS) is 11.7. The Bertz CT molecular complexity index is 1610. The van der Waals surface area contributed by atoms with E-state index in [4.69, 9.17) is 20.2 Å². The highest BCUT2D eigenvalue weighted by Gasteiger charge is 2.28. The second-order valence-corrected chi connectivity index (χ2v) is 10.3. The van der Waals surface area contributed by atoms with Gasteiger partial charge in [0.05, 0.1) is 25.5 Å². The lowest BCUT2D eigenvalue weighted by atomic mass is 10.1. The number of nitrogens with two attached hydrogens (primary N) is 1. The molecular weight excluding hydrogens is 480 g/mol. The Morgan fingerprint density at radius 3 is 2.55 bits per heavy atom. The molecule has 9 heteroatoms. The van der Waals surface area contributed by atoms with Crippen molar-refractivity contribution in [2.45, 2.75) is 39.5 Å². The van der Waals surface area contributed by atoms with Crippen molar-refractivity contribution in [3.63, 3.8) is 0 Å². The molecule has 0 radical (unpaired) electrons. The summed E-state index contributed by atoms with van der Waals surface area (Å²) in [6.45, 7) is 6.23. The Labute approximate surface area is 221 Å². The van der Waals surface area contributed by atoms with Crippen LogP contribution in [-0.2, 0) is 24.9 Å². The number of methoxy groups -OCH3 is 1. The summed E-state index contributed by atoms with van der Waals surface area (Å²) in [7, 11) is 3.55. The van der Waals surface area contributed by atoms with Crippen LogP contribution >= 0.6 is 0 Å². The van der Waals surface area contributed by atoms with Crippen molar-refractivity contribution in [1.29, 1.82) is 0 Å². The average molecular weight is 513 g/mol. The first kappa shape index (κ1) is 25.3. The summed E-state index contributed by atoms with van der Waals surface area (Å²) < 4.78 is 13.0. The second-order valence-electron chi connectivity index (χ2n) is 10.3. The van der Waals surface area contributed by atoms with E-state index in [2.05, 4.69) is 22.1 Å². The first-order valence-electron chi connectivity index (χ1n) is 12.4. The quantitative estimate of drug-likeness (QED) is 0.310. The van der Waals surface area contributed by atoms with Crippen LogP contribution in [0.15, 0.2) is 60.9 Å². The number of aromatic amines is 1. The molecule has 0 saturated heterocycles. The van der Waals surface area contributed by atoms with E-state index >= 15 is 0 Å². The van der Waals surface area contributed by atoms with Crippen molar-refractivity contribution in [3.05, 3.63) is 72.1 Å². The minimum atomic E-state index is -0.684. The van der Waals surface area contributed by atoms with Gasteiger partial charge in [-0.1, -0.05) is 30.3 Å². The predicted octanol–water partition coefficient (Wildman–Crippen LogP) is 5.53. The zero-order valence-corrected chi connectivity index (χ0v) is 22.3. The van der Waals surface area contributed by atoms with Crippen LogP contribution in [-0.4, -0.2) is 38.3 Å². The highest BCUT2D eigenvalue weighted by Crippen LogP contribution is 2.34. The second kappa shape index (κ2) is 9.83. The molecule has 0 fully saturated rings. The maximum absolute atomic E-state index is 13.6. The first-order valence-corrected chi connectivity index (χ1v) is 12.4. The van der Waals surface area contributed by atoms with Gasteiger partial charge in [-0.05, 0) is 61.7 Å². The zero-order valence-electron chi connectivity index (χ0n) is 22.3. The molecule has 5 aromatic rings. The fraction of sp³-hybridized carbons (Fsp3) is 0.276. The van der Waals surface area contributed by atoms with Gasteiger partial charge in [-0.25, -0.2) is 14.8 Å². The highest BCUT2D eigenvalue weighted by atomic mass is 16.6. The number of pyridine rings is 1. The molecule has 0 bridgehead atoms. The number of amides is 1. The van der Waals surface area contributed by atoms with Crippen LogP contribution in [0.4, 0.5) is 10.6 Å². The van der Waals surface area contributed by atoms with E-state index in [1.54, 1.807) is 13.4 Å². The number of aryl methyl sites for hydroxylation is 1. The maximum Gasteiger partial charge on any atom is 0.416 e. The van der Waals surface area contributed by atoms with E-state index in [1.165, 1.54) is 4.90 Å². The van der Waals surface area contributed by atoms with Crippen molar-refractivity contribution in [2.75, 3.05) is 12.0 Å². The monoisotopic (exact) mass is 512 g/mol. The summed E-state index contributed by atoms with van der Waals surface area (Å²) in [5, 5.41) is 0.908. The lowest BCUT2D eigenvalue weighted by molar-refractivity contribution is 0.0577. The molecule has 3 aromatic heterocycles. The van der Waals surface area contributed by atoms with E-state index in [9.17, 15) is 4.79 Å². The minimum absolute atomic E-state index is 0.245. The van der Waals surface area contributed by atoms with Gasteiger partial charge in [0.2, 0.25) is 0 Å². The minimum Gasteiger partial charge on any atom is -0.497 e. The number of anilines is 1. The van der Waals surface area contributed by atoms with Crippen LogP contribution in [0.25, 0.3) is 33.3 Å². The van der Waals surface area contributed by atoms with Crippen LogP contribution < -0.4 is 15.4 Å².